The molecule has 0 unspecified atom stereocenters. The number of anilines is 1. The summed E-state index contributed by atoms with van der Waals surface area (Å²) in [5.41, 5.74) is 1.29. The number of rotatable bonds is 1. The van der Waals surface area contributed by atoms with Crippen LogP contribution in [-0.4, -0.2) is 83.5 Å². The van der Waals surface area contributed by atoms with E-state index in [9.17, 15) is 24.9 Å². The number of phenolic OH excluding ortho intramolecular Hbond substituents is 1. The quantitative estimate of drug-likeness (QED) is 0.573. The first-order valence-electron chi connectivity index (χ1n) is 10.5. The molecule has 0 amide bonds. The lowest BCUT2D eigenvalue weighted by Crippen LogP contribution is -2.44. The summed E-state index contributed by atoms with van der Waals surface area (Å²) in [7, 11) is 2.05. The molecule has 0 aromatic heterocycles. The van der Waals surface area contributed by atoms with Crippen molar-refractivity contribution in [3.05, 3.63) is 41.5 Å². The van der Waals surface area contributed by atoms with E-state index in [4.69, 9.17) is 4.74 Å². The lowest BCUT2D eigenvalue weighted by Gasteiger charge is -2.34. The van der Waals surface area contributed by atoms with Crippen molar-refractivity contribution in [2.24, 2.45) is 0 Å². The van der Waals surface area contributed by atoms with E-state index >= 15 is 0 Å². The molecule has 31 heavy (non-hydrogen) atoms. The molecule has 1 aromatic rings. The van der Waals surface area contributed by atoms with E-state index in [1.807, 2.05) is 6.07 Å². The zero-order valence-corrected chi connectivity index (χ0v) is 17.9. The van der Waals surface area contributed by atoms with Gasteiger partial charge in [-0.05, 0) is 38.1 Å². The SMILES string of the molecule is C[C@H]1C/C=C\C(=O)[C@@H](O)[C@@H](O)C/C=C/c2cc(N3CCN(C)CC3)cc(O)c2C(=O)O1. The van der Waals surface area contributed by atoms with Gasteiger partial charge in [-0.15, -0.1) is 0 Å². The van der Waals surface area contributed by atoms with Gasteiger partial charge in [-0.3, -0.25) is 4.79 Å². The van der Waals surface area contributed by atoms with E-state index in [-0.39, 0.29) is 24.2 Å². The summed E-state index contributed by atoms with van der Waals surface area (Å²) in [6, 6.07) is 3.38. The number of ketones is 1. The molecular formula is C23H30N2O6. The molecule has 1 fully saturated rings. The molecule has 0 aliphatic carbocycles. The van der Waals surface area contributed by atoms with E-state index in [2.05, 4.69) is 16.8 Å². The number of aromatic hydroxyl groups is 1. The monoisotopic (exact) mass is 430 g/mol. The lowest BCUT2D eigenvalue weighted by molar-refractivity contribution is -0.127. The zero-order valence-electron chi connectivity index (χ0n) is 17.9. The van der Waals surface area contributed by atoms with Crippen LogP contribution in [0.2, 0.25) is 0 Å². The van der Waals surface area contributed by atoms with Gasteiger partial charge in [0, 0.05) is 44.4 Å². The minimum Gasteiger partial charge on any atom is -0.507 e. The minimum atomic E-state index is -1.54. The highest BCUT2D eigenvalue weighted by Crippen LogP contribution is 2.31. The number of hydrogen-bond donors (Lipinski definition) is 3. The summed E-state index contributed by atoms with van der Waals surface area (Å²) < 4.78 is 5.46. The normalized spacial score (nSPS) is 28.4. The van der Waals surface area contributed by atoms with Crippen LogP contribution in [0.4, 0.5) is 5.69 Å². The van der Waals surface area contributed by atoms with E-state index in [0.29, 0.717) is 5.56 Å². The molecule has 3 rings (SSSR count). The van der Waals surface area contributed by atoms with Gasteiger partial charge in [0.15, 0.2) is 5.78 Å². The van der Waals surface area contributed by atoms with Crippen LogP contribution in [0, 0.1) is 0 Å². The van der Waals surface area contributed by atoms with Crippen molar-refractivity contribution in [2.75, 3.05) is 38.1 Å². The Morgan fingerprint density at radius 1 is 1.00 bits per heavy atom. The fourth-order valence-corrected chi connectivity index (χ4v) is 3.65. The number of phenols is 1. The van der Waals surface area contributed by atoms with Crippen molar-refractivity contribution < 1.29 is 29.6 Å². The summed E-state index contributed by atoms with van der Waals surface area (Å²) in [5, 5.41) is 30.8. The number of esters is 1. The molecule has 3 atom stereocenters. The topological polar surface area (TPSA) is 111 Å². The molecule has 0 radical (unpaired) electrons. The molecule has 8 nitrogen and oxygen atoms in total. The molecule has 2 aliphatic rings. The van der Waals surface area contributed by atoms with Crippen LogP contribution in [0.1, 0.15) is 35.7 Å². The maximum Gasteiger partial charge on any atom is 0.342 e. The Bertz CT molecular complexity index is 873. The average molecular weight is 431 g/mol. The van der Waals surface area contributed by atoms with Gasteiger partial charge in [-0.25, -0.2) is 4.79 Å². The van der Waals surface area contributed by atoms with Gasteiger partial charge >= 0.3 is 5.97 Å². The smallest absolute Gasteiger partial charge is 0.342 e. The highest BCUT2D eigenvalue weighted by molar-refractivity contribution is 5.98. The van der Waals surface area contributed by atoms with Crippen LogP contribution < -0.4 is 4.90 Å². The zero-order chi connectivity index (χ0) is 22.5. The van der Waals surface area contributed by atoms with Gasteiger partial charge < -0.3 is 29.9 Å². The standard InChI is InChI=1S/C23H30N2O6/c1-15-5-3-7-18(26)22(29)19(27)8-4-6-16-13-17(25-11-9-24(2)10-12-25)14-20(28)21(16)23(30)31-15/h3-4,6-7,13-15,19,22,27-29H,5,8-12H2,1-2H3/b6-4+,7-3-/t15-,19-,22+/m0/s1. The summed E-state index contributed by atoms with van der Waals surface area (Å²) in [6.07, 6.45) is 2.75. The van der Waals surface area contributed by atoms with Crippen molar-refractivity contribution in [1.29, 1.82) is 0 Å². The fourth-order valence-electron chi connectivity index (χ4n) is 3.65. The molecule has 2 heterocycles. The number of ether oxygens (including phenoxy) is 1. The summed E-state index contributed by atoms with van der Waals surface area (Å²) in [5.74, 6) is -1.44. The van der Waals surface area contributed by atoms with Crippen LogP contribution in [0.5, 0.6) is 5.75 Å². The van der Waals surface area contributed by atoms with Crippen molar-refractivity contribution in [2.45, 2.75) is 38.1 Å². The maximum atomic E-state index is 12.8. The molecule has 3 N–H and O–H groups in total. The third-order valence-corrected chi connectivity index (χ3v) is 5.59. The Labute approximate surface area is 182 Å². The number of carbonyl (C=O) groups excluding carboxylic acids is 2. The summed E-state index contributed by atoms with van der Waals surface area (Å²) in [6.45, 7) is 5.03. The lowest BCUT2D eigenvalue weighted by atomic mass is 10.0. The molecule has 168 valence electrons. The Morgan fingerprint density at radius 3 is 2.39 bits per heavy atom. The Morgan fingerprint density at radius 2 is 1.68 bits per heavy atom. The summed E-state index contributed by atoms with van der Waals surface area (Å²) in [4.78, 5) is 29.1. The van der Waals surface area contributed by atoms with Crippen molar-refractivity contribution in [3.63, 3.8) is 0 Å². The number of likely N-dealkylation sites (N-methyl/N-ethyl adjacent to an activating group) is 1. The second-order valence-corrected chi connectivity index (χ2v) is 8.13. The average Bonchev–Trinajstić information content (AvgIpc) is 2.72. The number of nitrogens with zero attached hydrogens (tertiary/aromatic N) is 2. The first-order chi connectivity index (χ1) is 14.8. The number of benzene rings is 1. The van der Waals surface area contributed by atoms with Crippen molar-refractivity contribution >= 4 is 23.5 Å². The molecule has 8 heteroatoms. The molecule has 1 aromatic carbocycles. The third-order valence-electron chi connectivity index (χ3n) is 5.59. The number of aliphatic hydroxyl groups excluding tert-OH is 2. The van der Waals surface area contributed by atoms with Gasteiger partial charge in [-0.2, -0.15) is 0 Å². The first kappa shape index (κ1) is 23.0. The number of cyclic esters (lactones) is 1. The van der Waals surface area contributed by atoms with Crippen LogP contribution in [0.3, 0.4) is 0 Å². The highest BCUT2D eigenvalue weighted by Gasteiger charge is 2.24. The maximum absolute atomic E-state index is 12.8. The van der Waals surface area contributed by atoms with Gasteiger partial charge in [0.05, 0.1) is 6.10 Å². The fraction of sp³-hybridized carbons (Fsp3) is 0.478. The summed E-state index contributed by atoms with van der Waals surface area (Å²) >= 11 is 0. The number of aliphatic hydroxyl groups is 2. The van der Waals surface area contributed by atoms with E-state index in [1.165, 1.54) is 12.2 Å². The predicted molar refractivity (Wildman–Crippen MR) is 117 cm³/mol. The molecule has 2 aliphatic heterocycles. The van der Waals surface area contributed by atoms with Crippen molar-refractivity contribution in [1.82, 2.24) is 4.90 Å². The van der Waals surface area contributed by atoms with E-state index in [1.54, 1.807) is 25.1 Å². The minimum absolute atomic E-state index is 0.00509. The Hall–Kier alpha value is -2.68. The third kappa shape index (κ3) is 5.72. The number of piperazine rings is 1. The Kier molecular flexibility index (Phi) is 7.48. The molecule has 0 spiro atoms. The highest BCUT2D eigenvalue weighted by atomic mass is 16.5. The van der Waals surface area contributed by atoms with Crippen LogP contribution in [-0.2, 0) is 9.53 Å². The van der Waals surface area contributed by atoms with Crippen LogP contribution in [0.15, 0.2) is 30.4 Å². The second-order valence-electron chi connectivity index (χ2n) is 8.13. The molecule has 1 saturated heterocycles. The first-order valence-corrected chi connectivity index (χ1v) is 10.5. The largest absolute Gasteiger partial charge is 0.507 e. The number of carbonyl (C=O) groups is 2. The second kappa shape index (κ2) is 10.1. The Balaban J connectivity index is 1.97. The van der Waals surface area contributed by atoms with Crippen LogP contribution in [0.25, 0.3) is 6.08 Å². The van der Waals surface area contributed by atoms with Gasteiger partial charge in [0.1, 0.15) is 23.5 Å². The van der Waals surface area contributed by atoms with Gasteiger partial charge in [-0.1, -0.05) is 18.2 Å². The number of hydrogen-bond acceptors (Lipinski definition) is 8. The molecule has 0 saturated carbocycles. The van der Waals surface area contributed by atoms with Crippen LogP contribution >= 0.6 is 0 Å². The van der Waals surface area contributed by atoms with E-state index in [0.717, 1.165) is 31.9 Å². The predicted octanol–water partition coefficient (Wildman–Crippen LogP) is 1.34. The molecule has 0 bridgehead atoms. The van der Waals surface area contributed by atoms with Gasteiger partial charge in [0.25, 0.3) is 0 Å². The van der Waals surface area contributed by atoms with Crippen molar-refractivity contribution in [3.8, 4) is 5.75 Å². The number of fused-ring (bicyclic) bond motifs is 1. The van der Waals surface area contributed by atoms with Gasteiger partial charge in [0.2, 0.25) is 0 Å². The molecular weight excluding hydrogens is 400 g/mol. The van der Waals surface area contributed by atoms with E-state index < -0.39 is 30.1 Å².